The van der Waals surface area contributed by atoms with E-state index in [-0.39, 0.29) is 5.91 Å². The van der Waals surface area contributed by atoms with Crippen LogP contribution in [0.2, 0.25) is 0 Å². The first kappa shape index (κ1) is 20.4. The van der Waals surface area contributed by atoms with Crippen molar-refractivity contribution in [3.05, 3.63) is 65.7 Å². The molecule has 0 unspecified atom stereocenters. The van der Waals surface area contributed by atoms with Gasteiger partial charge in [-0.25, -0.2) is 4.98 Å². The largest absolute Gasteiger partial charge is 0.492 e. The number of hydrogen-bond donors (Lipinski definition) is 1. The van der Waals surface area contributed by atoms with Crippen LogP contribution in [0.5, 0.6) is 5.75 Å². The van der Waals surface area contributed by atoms with Crippen LogP contribution >= 0.6 is 11.3 Å². The van der Waals surface area contributed by atoms with Crippen molar-refractivity contribution in [2.24, 2.45) is 0 Å². The smallest absolute Gasteiger partial charge is 0.270 e. The van der Waals surface area contributed by atoms with E-state index in [0.29, 0.717) is 18.8 Å². The predicted molar refractivity (Wildman–Crippen MR) is 122 cm³/mol. The first-order chi connectivity index (χ1) is 14.7. The normalized spacial score (nSPS) is 14.5. The zero-order valence-corrected chi connectivity index (χ0v) is 17.9. The molecule has 4 rings (SSSR count). The van der Waals surface area contributed by atoms with Gasteiger partial charge in [-0.05, 0) is 43.4 Å². The molecule has 2 aromatic carbocycles. The number of amides is 1. The van der Waals surface area contributed by atoms with Gasteiger partial charge in [0.1, 0.15) is 23.1 Å². The number of carbonyl (C=O) groups excluding carboxylic acids is 1. The number of piperazine rings is 1. The molecule has 0 radical (unpaired) electrons. The SMILES string of the molecule is CN1CCN(c2ccc(-c3nc(C(=O)NCCOc4ccccc4)cs3)cc2)CC1. The Balaban J connectivity index is 1.29. The summed E-state index contributed by atoms with van der Waals surface area (Å²) in [7, 11) is 2.16. The monoisotopic (exact) mass is 422 g/mol. The van der Waals surface area contributed by atoms with Gasteiger partial charge in [0, 0.05) is 42.8 Å². The Hall–Kier alpha value is -2.90. The van der Waals surface area contributed by atoms with Crippen molar-refractivity contribution >= 4 is 22.9 Å². The number of benzene rings is 2. The summed E-state index contributed by atoms with van der Waals surface area (Å²) in [6.07, 6.45) is 0. The molecule has 2 heterocycles. The summed E-state index contributed by atoms with van der Waals surface area (Å²) >= 11 is 1.49. The van der Waals surface area contributed by atoms with Crippen LogP contribution in [0.4, 0.5) is 5.69 Å². The van der Waals surface area contributed by atoms with Gasteiger partial charge in [0.05, 0.1) is 6.54 Å². The van der Waals surface area contributed by atoms with Gasteiger partial charge < -0.3 is 19.9 Å². The van der Waals surface area contributed by atoms with Crippen molar-refractivity contribution in [1.29, 1.82) is 0 Å². The summed E-state index contributed by atoms with van der Waals surface area (Å²) in [5.74, 6) is 0.617. The van der Waals surface area contributed by atoms with Crippen molar-refractivity contribution in [2.45, 2.75) is 0 Å². The number of nitrogens with one attached hydrogen (secondary N) is 1. The third-order valence-electron chi connectivity index (χ3n) is 5.12. The van der Waals surface area contributed by atoms with Gasteiger partial charge in [0.2, 0.25) is 0 Å². The van der Waals surface area contributed by atoms with E-state index in [0.717, 1.165) is 42.5 Å². The van der Waals surface area contributed by atoms with E-state index >= 15 is 0 Å². The number of nitrogens with zero attached hydrogens (tertiary/aromatic N) is 3. The number of aromatic nitrogens is 1. The Kier molecular flexibility index (Phi) is 6.61. The Morgan fingerprint density at radius 3 is 2.53 bits per heavy atom. The molecule has 1 amide bonds. The molecule has 0 spiro atoms. The molecule has 30 heavy (non-hydrogen) atoms. The minimum Gasteiger partial charge on any atom is -0.492 e. The third-order valence-corrected chi connectivity index (χ3v) is 6.01. The molecule has 6 nitrogen and oxygen atoms in total. The second-order valence-corrected chi connectivity index (χ2v) is 8.15. The van der Waals surface area contributed by atoms with Gasteiger partial charge in [-0.3, -0.25) is 4.79 Å². The van der Waals surface area contributed by atoms with Crippen molar-refractivity contribution in [3.63, 3.8) is 0 Å². The fourth-order valence-corrected chi connectivity index (χ4v) is 4.14. The molecule has 1 aliphatic heterocycles. The first-order valence-corrected chi connectivity index (χ1v) is 11.0. The Morgan fingerprint density at radius 2 is 1.80 bits per heavy atom. The molecule has 0 atom stereocenters. The number of ether oxygens (including phenoxy) is 1. The molecule has 7 heteroatoms. The Bertz CT molecular complexity index is 951. The number of thiazole rings is 1. The van der Waals surface area contributed by atoms with E-state index in [1.807, 2.05) is 30.3 Å². The molecular weight excluding hydrogens is 396 g/mol. The van der Waals surface area contributed by atoms with E-state index in [1.165, 1.54) is 17.0 Å². The molecular formula is C23H26N4O2S. The second-order valence-electron chi connectivity index (χ2n) is 7.29. The maximum atomic E-state index is 12.4. The van der Waals surface area contributed by atoms with Crippen LogP contribution in [0.3, 0.4) is 0 Å². The van der Waals surface area contributed by atoms with Crippen LogP contribution in [0.1, 0.15) is 10.5 Å². The summed E-state index contributed by atoms with van der Waals surface area (Å²) in [6, 6.07) is 18.0. The number of carbonyl (C=O) groups is 1. The lowest BCUT2D eigenvalue weighted by Crippen LogP contribution is -2.44. The van der Waals surface area contributed by atoms with Crippen LogP contribution in [-0.4, -0.2) is 62.2 Å². The highest BCUT2D eigenvalue weighted by molar-refractivity contribution is 7.13. The zero-order valence-electron chi connectivity index (χ0n) is 17.1. The van der Waals surface area contributed by atoms with Crippen LogP contribution < -0.4 is 15.0 Å². The third kappa shape index (κ3) is 5.17. The topological polar surface area (TPSA) is 57.7 Å². The van der Waals surface area contributed by atoms with Crippen LogP contribution in [0.15, 0.2) is 60.0 Å². The standard InChI is InChI=1S/C23H26N4O2S/c1-26-12-14-27(15-13-26)19-9-7-18(8-10-19)23-25-21(17-30-23)22(28)24-11-16-29-20-5-3-2-4-6-20/h2-10,17H,11-16H2,1H3,(H,24,28). The highest BCUT2D eigenvalue weighted by atomic mass is 32.1. The lowest BCUT2D eigenvalue weighted by atomic mass is 10.2. The van der Waals surface area contributed by atoms with Crippen molar-refractivity contribution in [2.75, 3.05) is 51.3 Å². The summed E-state index contributed by atoms with van der Waals surface area (Å²) in [5, 5.41) is 5.51. The molecule has 0 aliphatic carbocycles. The van der Waals surface area contributed by atoms with Crippen molar-refractivity contribution < 1.29 is 9.53 Å². The summed E-state index contributed by atoms with van der Waals surface area (Å²) in [4.78, 5) is 21.6. The number of hydrogen-bond acceptors (Lipinski definition) is 6. The molecule has 1 saturated heterocycles. The second kappa shape index (κ2) is 9.73. The van der Waals surface area contributed by atoms with Gasteiger partial charge in [0.25, 0.3) is 5.91 Å². The number of likely N-dealkylation sites (N-methyl/N-ethyl adjacent to an activating group) is 1. The fourth-order valence-electron chi connectivity index (χ4n) is 3.33. The first-order valence-electron chi connectivity index (χ1n) is 10.1. The molecule has 1 fully saturated rings. The molecule has 0 saturated carbocycles. The molecule has 3 aromatic rings. The minimum atomic E-state index is -0.178. The highest BCUT2D eigenvalue weighted by Crippen LogP contribution is 2.26. The lowest BCUT2D eigenvalue weighted by Gasteiger charge is -2.34. The van der Waals surface area contributed by atoms with E-state index in [1.54, 1.807) is 5.38 Å². The highest BCUT2D eigenvalue weighted by Gasteiger charge is 2.15. The van der Waals surface area contributed by atoms with Gasteiger partial charge in [-0.2, -0.15) is 0 Å². The average Bonchev–Trinajstić information content (AvgIpc) is 3.28. The van der Waals surface area contributed by atoms with Gasteiger partial charge in [-0.1, -0.05) is 18.2 Å². The fraction of sp³-hybridized carbons (Fsp3) is 0.304. The predicted octanol–water partition coefficient (Wildman–Crippen LogP) is 3.37. The number of para-hydroxylation sites is 1. The van der Waals surface area contributed by atoms with E-state index in [4.69, 9.17) is 4.74 Å². The number of anilines is 1. The minimum absolute atomic E-state index is 0.178. The van der Waals surface area contributed by atoms with E-state index in [9.17, 15) is 4.79 Å². The van der Waals surface area contributed by atoms with Gasteiger partial charge in [-0.15, -0.1) is 11.3 Å². The van der Waals surface area contributed by atoms with Crippen LogP contribution in [0, 0.1) is 0 Å². The van der Waals surface area contributed by atoms with Gasteiger partial charge in [0.15, 0.2) is 0 Å². The maximum absolute atomic E-state index is 12.4. The van der Waals surface area contributed by atoms with Crippen LogP contribution in [-0.2, 0) is 0 Å². The lowest BCUT2D eigenvalue weighted by molar-refractivity contribution is 0.0943. The van der Waals surface area contributed by atoms with Crippen LogP contribution in [0.25, 0.3) is 10.6 Å². The van der Waals surface area contributed by atoms with E-state index in [2.05, 4.69) is 51.4 Å². The molecule has 156 valence electrons. The quantitative estimate of drug-likeness (QED) is 0.592. The average molecular weight is 423 g/mol. The van der Waals surface area contributed by atoms with Crippen molar-refractivity contribution in [3.8, 4) is 16.3 Å². The van der Waals surface area contributed by atoms with E-state index < -0.39 is 0 Å². The Morgan fingerprint density at radius 1 is 1.07 bits per heavy atom. The summed E-state index contributed by atoms with van der Waals surface area (Å²) in [5.41, 5.74) is 2.71. The molecule has 1 aromatic heterocycles. The summed E-state index contributed by atoms with van der Waals surface area (Å²) < 4.78 is 5.59. The Labute approximate surface area is 181 Å². The number of rotatable bonds is 7. The summed E-state index contributed by atoms with van der Waals surface area (Å²) in [6.45, 7) is 5.11. The van der Waals surface area contributed by atoms with Crippen molar-refractivity contribution in [1.82, 2.24) is 15.2 Å². The molecule has 0 bridgehead atoms. The molecule has 1 N–H and O–H groups in total. The maximum Gasteiger partial charge on any atom is 0.270 e. The molecule has 1 aliphatic rings. The zero-order chi connectivity index (χ0) is 20.8. The van der Waals surface area contributed by atoms with Gasteiger partial charge >= 0.3 is 0 Å².